The van der Waals surface area contributed by atoms with Crippen LogP contribution in [0.2, 0.25) is 0 Å². The standard InChI is InChI=1S/C12H10N4O5/c13-9-5-14-11(15(12(9)19)6-10(17)18)7-2-1-3-8(4-7)16(20)21/h1-5H,6,13H2,(H,17,18). The second-order valence-electron chi connectivity index (χ2n) is 4.13. The molecule has 9 nitrogen and oxygen atoms in total. The van der Waals surface area contributed by atoms with Crippen LogP contribution in [0.4, 0.5) is 11.4 Å². The lowest BCUT2D eigenvalue weighted by molar-refractivity contribution is -0.384. The summed E-state index contributed by atoms with van der Waals surface area (Å²) in [5.41, 5.74) is 4.57. The number of aliphatic carboxylic acids is 1. The molecule has 21 heavy (non-hydrogen) atoms. The summed E-state index contributed by atoms with van der Waals surface area (Å²) < 4.78 is 0.858. The summed E-state index contributed by atoms with van der Waals surface area (Å²) in [5.74, 6) is -1.25. The van der Waals surface area contributed by atoms with Crippen molar-refractivity contribution in [3.63, 3.8) is 0 Å². The highest BCUT2D eigenvalue weighted by Crippen LogP contribution is 2.21. The maximum Gasteiger partial charge on any atom is 0.323 e. The molecule has 0 spiro atoms. The number of nitrogen functional groups attached to an aromatic ring is 1. The summed E-state index contributed by atoms with van der Waals surface area (Å²) in [4.78, 5) is 36.9. The summed E-state index contributed by atoms with van der Waals surface area (Å²) >= 11 is 0. The molecule has 0 aliphatic rings. The first-order valence-electron chi connectivity index (χ1n) is 5.72. The second kappa shape index (κ2) is 5.41. The first-order chi connectivity index (χ1) is 9.90. The van der Waals surface area contributed by atoms with E-state index in [9.17, 15) is 19.7 Å². The van der Waals surface area contributed by atoms with Crippen molar-refractivity contribution < 1.29 is 14.8 Å². The summed E-state index contributed by atoms with van der Waals surface area (Å²) in [6, 6.07) is 5.39. The van der Waals surface area contributed by atoms with Crippen LogP contribution in [0.15, 0.2) is 35.3 Å². The lowest BCUT2D eigenvalue weighted by atomic mass is 10.2. The average molecular weight is 290 g/mol. The normalized spacial score (nSPS) is 10.3. The summed E-state index contributed by atoms with van der Waals surface area (Å²) in [5, 5.41) is 19.6. The van der Waals surface area contributed by atoms with Gasteiger partial charge < -0.3 is 10.8 Å². The minimum Gasteiger partial charge on any atom is -0.480 e. The highest BCUT2D eigenvalue weighted by Gasteiger charge is 2.15. The second-order valence-corrected chi connectivity index (χ2v) is 4.13. The Kier molecular flexibility index (Phi) is 3.65. The van der Waals surface area contributed by atoms with E-state index in [1.807, 2.05) is 0 Å². The predicted octanol–water partition coefficient (Wildman–Crippen LogP) is 0.485. The van der Waals surface area contributed by atoms with Crippen LogP contribution in [0.3, 0.4) is 0 Å². The molecule has 0 saturated heterocycles. The molecule has 9 heteroatoms. The Balaban J connectivity index is 2.66. The van der Waals surface area contributed by atoms with Crippen molar-refractivity contribution in [3.05, 3.63) is 50.9 Å². The number of carboxylic acid groups (broad SMARTS) is 1. The van der Waals surface area contributed by atoms with Crippen LogP contribution < -0.4 is 11.3 Å². The fourth-order valence-electron chi connectivity index (χ4n) is 1.78. The van der Waals surface area contributed by atoms with Crippen LogP contribution in [0.1, 0.15) is 0 Å². The topological polar surface area (TPSA) is 141 Å². The molecule has 2 aromatic rings. The molecule has 0 aliphatic heterocycles. The van der Waals surface area contributed by atoms with Crippen LogP contribution in [0.5, 0.6) is 0 Å². The highest BCUT2D eigenvalue weighted by atomic mass is 16.6. The molecule has 0 radical (unpaired) electrons. The SMILES string of the molecule is Nc1cnc(-c2cccc([N+](=O)[O-])c2)n(CC(=O)O)c1=O. The molecule has 108 valence electrons. The van der Waals surface area contributed by atoms with Crippen molar-refractivity contribution >= 4 is 17.3 Å². The maximum absolute atomic E-state index is 11.9. The molecular weight excluding hydrogens is 280 g/mol. The zero-order chi connectivity index (χ0) is 15.6. The quantitative estimate of drug-likeness (QED) is 0.616. The Morgan fingerprint density at radius 1 is 1.48 bits per heavy atom. The molecule has 1 heterocycles. The lowest BCUT2D eigenvalue weighted by Crippen LogP contribution is -2.28. The van der Waals surface area contributed by atoms with E-state index in [1.165, 1.54) is 24.3 Å². The summed E-state index contributed by atoms with van der Waals surface area (Å²) in [6.45, 7) is -0.644. The van der Waals surface area contributed by atoms with Crippen molar-refractivity contribution in [3.8, 4) is 11.4 Å². The molecule has 0 atom stereocenters. The lowest BCUT2D eigenvalue weighted by Gasteiger charge is -2.10. The number of non-ortho nitro benzene ring substituents is 1. The van der Waals surface area contributed by atoms with Crippen molar-refractivity contribution in [2.75, 3.05) is 5.73 Å². The molecule has 3 N–H and O–H groups in total. The van der Waals surface area contributed by atoms with Gasteiger partial charge in [-0.2, -0.15) is 0 Å². The van der Waals surface area contributed by atoms with E-state index in [0.29, 0.717) is 0 Å². The summed E-state index contributed by atoms with van der Waals surface area (Å²) in [7, 11) is 0. The van der Waals surface area contributed by atoms with Gasteiger partial charge in [0.05, 0.1) is 11.1 Å². The number of carboxylic acids is 1. The average Bonchev–Trinajstić information content (AvgIpc) is 2.44. The predicted molar refractivity (Wildman–Crippen MR) is 72.6 cm³/mol. The van der Waals surface area contributed by atoms with Gasteiger partial charge >= 0.3 is 5.97 Å². The van der Waals surface area contributed by atoms with Gasteiger partial charge in [-0.1, -0.05) is 12.1 Å². The van der Waals surface area contributed by atoms with Gasteiger partial charge in [0.15, 0.2) is 0 Å². The number of carbonyl (C=O) groups is 1. The van der Waals surface area contributed by atoms with Crippen molar-refractivity contribution in [1.82, 2.24) is 9.55 Å². The van der Waals surface area contributed by atoms with Gasteiger partial charge in [0.25, 0.3) is 11.2 Å². The van der Waals surface area contributed by atoms with Gasteiger partial charge in [-0.15, -0.1) is 0 Å². The van der Waals surface area contributed by atoms with Gasteiger partial charge in [-0.05, 0) is 0 Å². The summed E-state index contributed by atoms with van der Waals surface area (Å²) in [6.07, 6.45) is 1.09. The number of nitro groups is 1. The van der Waals surface area contributed by atoms with E-state index >= 15 is 0 Å². The molecule has 1 aromatic heterocycles. The number of nitrogens with zero attached hydrogens (tertiary/aromatic N) is 3. The number of anilines is 1. The fourth-order valence-corrected chi connectivity index (χ4v) is 1.78. The highest BCUT2D eigenvalue weighted by molar-refractivity contribution is 5.69. The van der Waals surface area contributed by atoms with Crippen molar-refractivity contribution in [2.45, 2.75) is 6.54 Å². The smallest absolute Gasteiger partial charge is 0.323 e. The van der Waals surface area contributed by atoms with E-state index < -0.39 is 23.0 Å². The van der Waals surface area contributed by atoms with Crippen LogP contribution >= 0.6 is 0 Å². The molecule has 0 bridgehead atoms. The van der Waals surface area contributed by atoms with Crippen LogP contribution in [0, 0.1) is 10.1 Å². The Morgan fingerprint density at radius 2 is 2.19 bits per heavy atom. The molecule has 0 aliphatic carbocycles. The Bertz CT molecular complexity index is 783. The van der Waals surface area contributed by atoms with E-state index in [0.717, 1.165) is 10.8 Å². The van der Waals surface area contributed by atoms with E-state index in [2.05, 4.69) is 4.98 Å². The van der Waals surface area contributed by atoms with Gasteiger partial charge in [0, 0.05) is 17.7 Å². The van der Waals surface area contributed by atoms with Gasteiger partial charge in [-0.25, -0.2) is 4.98 Å². The van der Waals surface area contributed by atoms with Crippen molar-refractivity contribution in [2.24, 2.45) is 0 Å². The van der Waals surface area contributed by atoms with E-state index in [1.54, 1.807) is 0 Å². The minimum absolute atomic E-state index is 0.000278. The number of nitrogens with two attached hydrogens (primary N) is 1. The van der Waals surface area contributed by atoms with E-state index in [4.69, 9.17) is 10.8 Å². The number of nitro benzene ring substituents is 1. The van der Waals surface area contributed by atoms with E-state index in [-0.39, 0.29) is 22.8 Å². The molecule has 2 rings (SSSR count). The number of benzene rings is 1. The molecule has 0 saturated carbocycles. The van der Waals surface area contributed by atoms with Gasteiger partial charge in [0.1, 0.15) is 18.1 Å². The molecule has 0 unspecified atom stereocenters. The van der Waals surface area contributed by atoms with Crippen molar-refractivity contribution in [1.29, 1.82) is 0 Å². The Morgan fingerprint density at radius 3 is 2.81 bits per heavy atom. The van der Waals surface area contributed by atoms with Crippen LogP contribution in [-0.2, 0) is 11.3 Å². The fraction of sp³-hybridized carbons (Fsp3) is 0.0833. The third-order valence-corrected chi connectivity index (χ3v) is 2.68. The largest absolute Gasteiger partial charge is 0.480 e. The first kappa shape index (κ1) is 14.2. The third kappa shape index (κ3) is 2.86. The Labute approximate surface area is 117 Å². The van der Waals surface area contributed by atoms with Crippen LogP contribution in [-0.4, -0.2) is 25.6 Å². The van der Waals surface area contributed by atoms with Gasteiger partial charge in [0.2, 0.25) is 0 Å². The number of rotatable bonds is 4. The third-order valence-electron chi connectivity index (χ3n) is 2.68. The maximum atomic E-state index is 11.9. The van der Waals surface area contributed by atoms with Gasteiger partial charge in [-0.3, -0.25) is 24.3 Å². The number of hydrogen-bond donors (Lipinski definition) is 2. The molecular formula is C12H10N4O5. The molecule has 0 amide bonds. The minimum atomic E-state index is -1.25. The monoisotopic (exact) mass is 290 g/mol. The Hall–Kier alpha value is -3.23. The van der Waals surface area contributed by atoms with Crippen LogP contribution in [0.25, 0.3) is 11.4 Å². The zero-order valence-electron chi connectivity index (χ0n) is 10.6. The number of aromatic nitrogens is 2. The zero-order valence-corrected chi connectivity index (χ0v) is 10.6. The number of hydrogen-bond acceptors (Lipinski definition) is 6. The molecule has 0 fully saturated rings. The molecule has 1 aromatic carbocycles. The first-order valence-corrected chi connectivity index (χ1v) is 5.72.